The van der Waals surface area contributed by atoms with E-state index < -0.39 is 14.4 Å². The highest BCUT2D eigenvalue weighted by molar-refractivity contribution is 6.74. The van der Waals surface area contributed by atoms with Crippen LogP contribution >= 0.6 is 0 Å². The average Bonchev–Trinajstić information content (AvgIpc) is 2.22. The Morgan fingerprint density at radius 3 is 2.18 bits per heavy atom. The largest absolute Gasteiger partial charge is 0.549 e. The fraction of sp³-hybridized carbons (Fsp3) is 0.714. The Hall–Kier alpha value is -0.543. The standard InChI is InChI=1S/C14H28O2Si/c1-9-11(2)13(15)12(3)10-16-17(7,8)14(4,5)6/h9-11,13,15H,1H2,2-8H3/t11-,13-/m0/s1. The molecule has 0 aliphatic rings. The van der Waals surface area contributed by atoms with Crippen molar-refractivity contribution < 1.29 is 9.53 Å². The molecular weight excluding hydrogens is 228 g/mol. The minimum atomic E-state index is -1.77. The van der Waals surface area contributed by atoms with Crippen molar-refractivity contribution >= 4 is 8.32 Å². The van der Waals surface area contributed by atoms with Crippen LogP contribution in [0.5, 0.6) is 0 Å². The van der Waals surface area contributed by atoms with E-state index in [2.05, 4.69) is 40.4 Å². The molecule has 0 bridgehead atoms. The maximum atomic E-state index is 9.98. The predicted octanol–water partition coefficient (Wildman–Crippen LogP) is 4.10. The molecule has 0 unspecified atom stereocenters. The van der Waals surface area contributed by atoms with Crippen LogP contribution in [-0.2, 0) is 4.43 Å². The Morgan fingerprint density at radius 2 is 1.82 bits per heavy atom. The lowest BCUT2D eigenvalue weighted by atomic mass is 10.00. The van der Waals surface area contributed by atoms with E-state index >= 15 is 0 Å². The minimum Gasteiger partial charge on any atom is -0.549 e. The summed E-state index contributed by atoms with van der Waals surface area (Å²) in [5.74, 6) is 0.0502. The summed E-state index contributed by atoms with van der Waals surface area (Å²) in [6.07, 6.45) is 2.99. The van der Waals surface area contributed by atoms with Crippen LogP contribution in [0.15, 0.2) is 24.5 Å². The molecule has 0 rings (SSSR count). The molecule has 3 heteroatoms. The zero-order valence-electron chi connectivity index (χ0n) is 12.4. The highest BCUT2D eigenvalue weighted by Gasteiger charge is 2.38. The first-order chi connectivity index (χ1) is 7.53. The van der Waals surface area contributed by atoms with E-state index in [4.69, 9.17) is 4.43 Å². The van der Waals surface area contributed by atoms with Gasteiger partial charge >= 0.3 is 0 Å². The molecule has 0 spiro atoms. The molecule has 0 aromatic rings. The lowest BCUT2D eigenvalue weighted by molar-refractivity contribution is 0.170. The average molecular weight is 256 g/mol. The first-order valence-corrected chi connectivity index (χ1v) is 9.09. The van der Waals surface area contributed by atoms with E-state index in [1.54, 1.807) is 12.3 Å². The fourth-order valence-electron chi connectivity index (χ4n) is 1.03. The molecule has 0 saturated carbocycles. The predicted molar refractivity (Wildman–Crippen MR) is 77.4 cm³/mol. The van der Waals surface area contributed by atoms with Gasteiger partial charge in [-0.3, -0.25) is 0 Å². The van der Waals surface area contributed by atoms with E-state index in [-0.39, 0.29) is 11.0 Å². The van der Waals surface area contributed by atoms with E-state index in [0.717, 1.165) is 5.57 Å². The summed E-state index contributed by atoms with van der Waals surface area (Å²) in [6, 6.07) is 0. The molecule has 0 saturated heterocycles. The minimum absolute atomic E-state index is 0.0502. The summed E-state index contributed by atoms with van der Waals surface area (Å²) >= 11 is 0. The van der Waals surface area contributed by atoms with Crippen LogP contribution in [0, 0.1) is 5.92 Å². The van der Waals surface area contributed by atoms with E-state index in [1.165, 1.54) is 0 Å². The van der Waals surface area contributed by atoms with Gasteiger partial charge < -0.3 is 9.53 Å². The summed E-state index contributed by atoms with van der Waals surface area (Å²) in [5.41, 5.74) is 0.863. The lowest BCUT2D eigenvalue weighted by Gasteiger charge is -2.35. The number of hydrogen-bond acceptors (Lipinski definition) is 2. The second kappa shape index (κ2) is 5.87. The first-order valence-electron chi connectivity index (χ1n) is 6.18. The van der Waals surface area contributed by atoms with Gasteiger partial charge in [-0.1, -0.05) is 33.8 Å². The monoisotopic (exact) mass is 256 g/mol. The van der Waals surface area contributed by atoms with Gasteiger partial charge in [0.05, 0.1) is 12.4 Å². The van der Waals surface area contributed by atoms with Crippen molar-refractivity contribution in [1.82, 2.24) is 0 Å². The van der Waals surface area contributed by atoms with Crippen molar-refractivity contribution in [2.24, 2.45) is 5.92 Å². The third-order valence-electron chi connectivity index (χ3n) is 3.68. The van der Waals surface area contributed by atoms with Crippen LogP contribution < -0.4 is 0 Å². The number of aliphatic hydroxyl groups excluding tert-OH is 1. The van der Waals surface area contributed by atoms with Crippen LogP contribution in [0.4, 0.5) is 0 Å². The summed E-state index contributed by atoms with van der Waals surface area (Å²) in [6.45, 7) is 18.5. The SMILES string of the molecule is C=C[C@H](C)[C@H](O)C(C)=CO[Si](C)(C)C(C)(C)C. The molecule has 0 amide bonds. The van der Waals surface area contributed by atoms with E-state index in [0.29, 0.717) is 0 Å². The first kappa shape index (κ1) is 16.5. The van der Waals surface area contributed by atoms with Crippen molar-refractivity contribution in [3.8, 4) is 0 Å². The quantitative estimate of drug-likeness (QED) is 0.456. The van der Waals surface area contributed by atoms with Crippen LogP contribution in [0.25, 0.3) is 0 Å². The molecule has 2 nitrogen and oxygen atoms in total. The second-order valence-electron chi connectivity index (χ2n) is 6.28. The highest BCUT2D eigenvalue weighted by Crippen LogP contribution is 2.36. The normalized spacial score (nSPS) is 17.5. The van der Waals surface area contributed by atoms with Gasteiger partial charge in [0.15, 0.2) is 0 Å². The molecule has 0 aromatic heterocycles. The zero-order chi connectivity index (χ0) is 13.9. The zero-order valence-corrected chi connectivity index (χ0v) is 13.4. The maximum Gasteiger partial charge on any atom is 0.249 e. The second-order valence-corrected chi connectivity index (χ2v) is 11.0. The highest BCUT2D eigenvalue weighted by atomic mass is 28.4. The summed E-state index contributed by atoms with van der Waals surface area (Å²) < 4.78 is 5.95. The van der Waals surface area contributed by atoms with Crippen LogP contribution in [0.2, 0.25) is 18.1 Å². The van der Waals surface area contributed by atoms with Crippen molar-refractivity contribution in [3.05, 3.63) is 24.5 Å². The van der Waals surface area contributed by atoms with E-state index in [9.17, 15) is 5.11 Å². The van der Waals surface area contributed by atoms with Gasteiger partial charge in [-0.15, -0.1) is 6.58 Å². The molecule has 17 heavy (non-hydrogen) atoms. The maximum absolute atomic E-state index is 9.98. The van der Waals surface area contributed by atoms with Crippen LogP contribution in [0.3, 0.4) is 0 Å². The molecule has 0 aliphatic heterocycles. The van der Waals surface area contributed by atoms with Crippen molar-refractivity contribution in [3.63, 3.8) is 0 Å². The number of rotatable bonds is 5. The molecule has 2 atom stereocenters. The third-order valence-corrected chi connectivity index (χ3v) is 8.00. The van der Waals surface area contributed by atoms with Crippen molar-refractivity contribution in [1.29, 1.82) is 0 Å². The molecule has 0 fully saturated rings. The van der Waals surface area contributed by atoms with Gasteiger partial charge in [0, 0.05) is 5.92 Å². The Bertz CT molecular complexity index is 287. The number of aliphatic hydroxyl groups is 1. The molecule has 0 aliphatic carbocycles. The van der Waals surface area contributed by atoms with Crippen LogP contribution in [0.1, 0.15) is 34.6 Å². The summed E-state index contributed by atoms with van der Waals surface area (Å²) in [5, 5.41) is 10.2. The Kier molecular flexibility index (Phi) is 5.68. The smallest absolute Gasteiger partial charge is 0.249 e. The lowest BCUT2D eigenvalue weighted by Crippen LogP contribution is -2.39. The topological polar surface area (TPSA) is 29.5 Å². The van der Waals surface area contributed by atoms with Gasteiger partial charge in [-0.05, 0) is 30.6 Å². The molecule has 0 radical (unpaired) electrons. The van der Waals surface area contributed by atoms with Gasteiger partial charge in [0.1, 0.15) is 0 Å². The molecule has 1 N–H and O–H groups in total. The van der Waals surface area contributed by atoms with Crippen LogP contribution in [-0.4, -0.2) is 19.5 Å². The van der Waals surface area contributed by atoms with Gasteiger partial charge in [-0.2, -0.15) is 0 Å². The third kappa shape index (κ3) is 4.68. The molecular formula is C14H28O2Si. The van der Waals surface area contributed by atoms with E-state index in [1.807, 2.05) is 13.8 Å². The molecule has 0 heterocycles. The summed E-state index contributed by atoms with van der Waals surface area (Å²) in [4.78, 5) is 0. The fourth-order valence-corrected chi connectivity index (χ4v) is 1.86. The van der Waals surface area contributed by atoms with Gasteiger partial charge in [0.25, 0.3) is 0 Å². The number of hydrogen-bond donors (Lipinski definition) is 1. The Labute approximate surface area is 108 Å². The molecule has 0 aromatic carbocycles. The van der Waals surface area contributed by atoms with Gasteiger partial charge in [-0.25, -0.2) is 0 Å². The summed E-state index contributed by atoms with van der Waals surface area (Å²) in [7, 11) is -1.77. The van der Waals surface area contributed by atoms with Gasteiger partial charge in [0.2, 0.25) is 8.32 Å². The van der Waals surface area contributed by atoms with Crippen molar-refractivity contribution in [2.75, 3.05) is 0 Å². The van der Waals surface area contributed by atoms with Crippen molar-refractivity contribution in [2.45, 2.75) is 58.9 Å². The Morgan fingerprint density at radius 1 is 1.35 bits per heavy atom. The molecule has 100 valence electrons. The Balaban J connectivity index is 4.68.